The maximum Gasteiger partial charge on any atom is 0.0393 e. The summed E-state index contributed by atoms with van der Waals surface area (Å²) < 4.78 is 0. The van der Waals surface area contributed by atoms with Gasteiger partial charge in [-0.05, 0) is 78.9 Å². The highest BCUT2D eigenvalue weighted by Gasteiger charge is 2.35. The molecule has 0 bridgehead atoms. The molecule has 0 heterocycles. The van der Waals surface area contributed by atoms with Crippen LogP contribution in [0.15, 0.2) is 36.4 Å². The Labute approximate surface area is 172 Å². The van der Waals surface area contributed by atoms with E-state index < -0.39 is 0 Å². The summed E-state index contributed by atoms with van der Waals surface area (Å²) in [5.74, 6) is 0. The van der Waals surface area contributed by atoms with Gasteiger partial charge in [0.25, 0.3) is 0 Å². The van der Waals surface area contributed by atoms with E-state index >= 15 is 0 Å². The Hall–Kier alpha value is -1.33. The van der Waals surface area contributed by atoms with Crippen LogP contribution in [0, 0.1) is 13.8 Å². The van der Waals surface area contributed by atoms with Crippen LogP contribution in [0.5, 0.6) is 0 Å². The second kappa shape index (κ2) is 9.00. The molecule has 0 saturated heterocycles. The van der Waals surface area contributed by atoms with Crippen molar-refractivity contribution in [2.45, 2.75) is 89.4 Å². The van der Waals surface area contributed by atoms with Crippen molar-refractivity contribution in [2.75, 3.05) is 5.73 Å². The summed E-state index contributed by atoms with van der Waals surface area (Å²) in [5.41, 5.74) is 14.9. The van der Waals surface area contributed by atoms with E-state index in [-0.39, 0.29) is 7.92 Å². The van der Waals surface area contributed by atoms with E-state index in [0.29, 0.717) is 0 Å². The number of aryl methyl sites for hydroxylation is 1. The second-order valence-electron chi connectivity index (χ2n) is 8.98. The lowest BCUT2D eigenvalue weighted by Crippen LogP contribution is -2.29. The van der Waals surface area contributed by atoms with Crippen LogP contribution in [0.2, 0.25) is 0 Å². The molecule has 2 fully saturated rings. The molecule has 28 heavy (non-hydrogen) atoms. The van der Waals surface area contributed by atoms with Gasteiger partial charge in [0.15, 0.2) is 0 Å². The van der Waals surface area contributed by atoms with Gasteiger partial charge >= 0.3 is 0 Å². The highest BCUT2D eigenvalue weighted by molar-refractivity contribution is 7.67. The van der Waals surface area contributed by atoms with Crippen LogP contribution in [-0.4, -0.2) is 11.3 Å². The molecule has 4 rings (SSSR count). The molecule has 0 amide bonds. The third kappa shape index (κ3) is 4.02. The van der Waals surface area contributed by atoms with Gasteiger partial charge in [-0.1, -0.05) is 76.8 Å². The molecule has 150 valence electrons. The molecule has 2 N–H and O–H groups in total. The summed E-state index contributed by atoms with van der Waals surface area (Å²) in [6.07, 6.45) is 14.4. The van der Waals surface area contributed by atoms with Gasteiger partial charge in [-0.3, -0.25) is 0 Å². The molecule has 2 aromatic carbocycles. The predicted molar refractivity (Wildman–Crippen MR) is 126 cm³/mol. The third-order valence-corrected chi connectivity index (χ3v) is 10.8. The summed E-state index contributed by atoms with van der Waals surface area (Å²) in [7, 11) is -0.141. The monoisotopic (exact) mass is 393 g/mol. The van der Waals surface area contributed by atoms with Crippen molar-refractivity contribution >= 4 is 18.9 Å². The van der Waals surface area contributed by atoms with Gasteiger partial charge in [-0.2, -0.15) is 0 Å². The van der Waals surface area contributed by atoms with Gasteiger partial charge in [0.2, 0.25) is 0 Å². The van der Waals surface area contributed by atoms with E-state index in [0.717, 1.165) is 17.0 Å². The smallest absolute Gasteiger partial charge is 0.0393 e. The summed E-state index contributed by atoms with van der Waals surface area (Å²) >= 11 is 0. The van der Waals surface area contributed by atoms with E-state index in [4.69, 9.17) is 5.73 Å². The lowest BCUT2D eigenvalue weighted by molar-refractivity contribution is 0.487. The van der Waals surface area contributed by atoms with Gasteiger partial charge in [0.1, 0.15) is 0 Å². The quantitative estimate of drug-likeness (QED) is 0.427. The van der Waals surface area contributed by atoms with Gasteiger partial charge in [-0.15, -0.1) is 0 Å². The van der Waals surface area contributed by atoms with E-state index in [1.165, 1.54) is 80.9 Å². The SMILES string of the molecule is Cc1ccc(-c2ccccc2N)c(P(C2CCCCC2)C2CCCCC2)c1C. The van der Waals surface area contributed by atoms with Crippen LogP contribution in [-0.2, 0) is 0 Å². The lowest BCUT2D eigenvalue weighted by Gasteiger charge is -2.40. The largest absolute Gasteiger partial charge is 0.398 e. The minimum atomic E-state index is -0.141. The molecule has 0 radical (unpaired) electrons. The number of nitrogens with two attached hydrogens (primary N) is 1. The molecule has 0 aromatic heterocycles. The normalized spacial score (nSPS) is 19.2. The Morgan fingerprint density at radius 3 is 1.86 bits per heavy atom. The van der Waals surface area contributed by atoms with Crippen molar-refractivity contribution < 1.29 is 0 Å². The van der Waals surface area contributed by atoms with Gasteiger partial charge in [0.05, 0.1) is 0 Å². The number of hydrogen-bond donors (Lipinski definition) is 1. The maximum atomic E-state index is 6.47. The van der Waals surface area contributed by atoms with E-state index in [9.17, 15) is 0 Å². The van der Waals surface area contributed by atoms with Crippen LogP contribution in [0.25, 0.3) is 11.1 Å². The van der Waals surface area contributed by atoms with E-state index in [1.54, 1.807) is 10.9 Å². The molecule has 2 heteroatoms. The van der Waals surface area contributed by atoms with Crippen LogP contribution in [0.1, 0.15) is 75.3 Å². The van der Waals surface area contributed by atoms with E-state index in [1.807, 2.05) is 0 Å². The number of nitrogen functional groups attached to an aromatic ring is 1. The predicted octanol–water partition coefficient (Wildman–Crippen LogP) is 7.33. The van der Waals surface area contributed by atoms with Crippen LogP contribution in [0.4, 0.5) is 5.69 Å². The Morgan fingerprint density at radius 2 is 1.29 bits per heavy atom. The summed E-state index contributed by atoms with van der Waals surface area (Å²) in [6.45, 7) is 4.68. The van der Waals surface area contributed by atoms with Crippen molar-refractivity contribution in [1.82, 2.24) is 0 Å². The average molecular weight is 394 g/mol. The molecule has 0 aliphatic heterocycles. The van der Waals surface area contributed by atoms with Crippen LogP contribution >= 0.6 is 7.92 Å². The first-order valence-electron chi connectivity index (χ1n) is 11.4. The number of rotatable bonds is 4. The van der Waals surface area contributed by atoms with Crippen molar-refractivity contribution in [3.05, 3.63) is 47.5 Å². The summed E-state index contributed by atoms with van der Waals surface area (Å²) in [6, 6.07) is 13.2. The van der Waals surface area contributed by atoms with Crippen molar-refractivity contribution in [2.24, 2.45) is 0 Å². The molecule has 2 aromatic rings. The summed E-state index contributed by atoms with van der Waals surface area (Å²) in [5, 5.41) is 1.70. The van der Waals surface area contributed by atoms with Crippen LogP contribution in [0.3, 0.4) is 0 Å². The third-order valence-electron chi connectivity index (χ3n) is 7.15. The van der Waals surface area contributed by atoms with Crippen LogP contribution < -0.4 is 11.0 Å². The number of anilines is 1. The fourth-order valence-electron chi connectivity index (χ4n) is 5.48. The molecule has 2 aliphatic rings. The first kappa shape index (κ1) is 20.0. The number of benzene rings is 2. The first-order chi connectivity index (χ1) is 13.7. The average Bonchev–Trinajstić information content (AvgIpc) is 2.74. The van der Waals surface area contributed by atoms with Crippen molar-refractivity contribution in [3.63, 3.8) is 0 Å². The Balaban J connectivity index is 1.87. The molecule has 1 nitrogen and oxygen atoms in total. The fraction of sp³-hybridized carbons (Fsp3) is 0.538. The lowest BCUT2D eigenvalue weighted by atomic mass is 9.98. The highest BCUT2D eigenvalue weighted by atomic mass is 31.1. The minimum Gasteiger partial charge on any atom is -0.398 e. The van der Waals surface area contributed by atoms with E-state index in [2.05, 4.69) is 50.2 Å². The molecular weight excluding hydrogens is 357 g/mol. The maximum absolute atomic E-state index is 6.47. The Bertz CT molecular complexity index is 782. The Morgan fingerprint density at radius 1 is 0.714 bits per heavy atom. The zero-order valence-corrected chi connectivity index (χ0v) is 18.6. The van der Waals surface area contributed by atoms with Gasteiger partial charge in [0, 0.05) is 11.3 Å². The van der Waals surface area contributed by atoms with Gasteiger partial charge in [-0.25, -0.2) is 0 Å². The minimum absolute atomic E-state index is 0.141. The number of hydrogen-bond acceptors (Lipinski definition) is 1. The topological polar surface area (TPSA) is 26.0 Å². The molecule has 0 unspecified atom stereocenters. The summed E-state index contributed by atoms with van der Waals surface area (Å²) in [4.78, 5) is 0. The second-order valence-corrected chi connectivity index (χ2v) is 11.7. The Kier molecular flexibility index (Phi) is 6.42. The highest BCUT2D eigenvalue weighted by Crippen LogP contribution is 2.57. The van der Waals surface area contributed by atoms with Gasteiger partial charge < -0.3 is 5.73 Å². The zero-order chi connectivity index (χ0) is 19.5. The number of para-hydroxylation sites is 1. The zero-order valence-electron chi connectivity index (χ0n) is 17.7. The standard InChI is InChI=1S/C26H36NP/c1-19-17-18-24(23-15-9-10-16-25(23)27)26(20(19)2)28(21-11-5-3-6-12-21)22-13-7-4-8-14-22/h9-10,15-18,21-22H,3-8,11-14,27H2,1-2H3. The molecule has 2 aliphatic carbocycles. The van der Waals surface area contributed by atoms with Crippen molar-refractivity contribution in [1.29, 1.82) is 0 Å². The molecule has 2 saturated carbocycles. The first-order valence-corrected chi connectivity index (χ1v) is 12.9. The molecular formula is C26H36NP. The van der Waals surface area contributed by atoms with Crippen molar-refractivity contribution in [3.8, 4) is 11.1 Å². The molecule has 0 spiro atoms. The molecule has 0 atom stereocenters. The fourth-order valence-corrected chi connectivity index (χ4v) is 9.68.